The molecule has 2 amide bonds. The summed E-state index contributed by atoms with van der Waals surface area (Å²) in [6.45, 7) is 26.0. The average molecular weight is 911 g/mol. The third-order valence-electron chi connectivity index (χ3n) is 8.75. The number of allylic oxidation sites excluding steroid dienone is 2. The van der Waals surface area contributed by atoms with Gasteiger partial charge in [0.2, 0.25) is 5.91 Å². The van der Waals surface area contributed by atoms with Gasteiger partial charge in [0.25, 0.3) is 0 Å². The lowest BCUT2D eigenvalue weighted by atomic mass is 9.78. The van der Waals surface area contributed by atoms with E-state index in [1.165, 1.54) is 30.4 Å². The van der Waals surface area contributed by atoms with Crippen LogP contribution in [0.4, 0.5) is 4.79 Å². The maximum atomic E-state index is 11.6. The molecular weight excluding hydrogens is 837 g/mol. The molecule has 0 aliphatic heterocycles. The van der Waals surface area contributed by atoms with Crippen molar-refractivity contribution in [1.29, 1.82) is 0 Å². The van der Waals surface area contributed by atoms with Crippen LogP contribution in [-0.2, 0) is 53.1 Å². The molecule has 0 saturated carbocycles. The summed E-state index contributed by atoms with van der Waals surface area (Å²) in [4.78, 5) is 73.0. The van der Waals surface area contributed by atoms with Gasteiger partial charge in [-0.1, -0.05) is 77.3 Å². The fourth-order valence-electron chi connectivity index (χ4n) is 4.98. The van der Waals surface area contributed by atoms with Crippen LogP contribution in [0.15, 0.2) is 99.2 Å². The summed E-state index contributed by atoms with van der Waals surface area (Å²) in [7, 11) is 2.99. The fraction of sp³-hybridized carbons (Fsp3) is 0.460. The molecule has 0 spiro atoms. The van der Waals surface area contributed by atoms with Gasteiger partial charge in [-0.15, -0.1) is 0 Å². The first-order valence-corrected chi connectivity index (χ1v) is 21.4. The van der Waals surface area contributed by atoms with Crippen LogP contribution in [0.5, 0.6) is 11.5 Å². The van der Waals surface area contributed by atoms with Gasteiger partial charge in [0.15, 0.2) is 18.4 Å². The number of nitrogens with one attached hydrogen (secondary N) is 2. The zero-order chi connectivity index (χ0) is 49.7. The van der Waals surface area contributed by atoms with E-state index < -0.39 is 12.1 Å². The average Bonchev–Trinajstić information content (AvgIpc) is 3.33. The van der Waals surface area contributed by atoms with Crippen molar-refractivity contribution in [2.45, 2.75) is 97.3 Å². The molecule has 0 fully saturated rings. The quantitative estimate of drug-likeness (QED) is 0.0271. The molecule has 15 nitrogen and oxygen atoms in total. The Morgan fingerprint density at radius 2 is 1.08 bits per heavy atom. The number of hydrogen-bond donors (Lipinski definition) is 2. The third-order valence-corrected chi connectivity index (χ3v) is 8.75. The minimum absolute atomic E-state index is 0.0168. The normalized spacial score (nSPS) is 9.63. The van der Waals surface area contributed by atoms with E-state index in [0.717, 1.165) is 49.3 Å². The van der Waals surface area contributed by atoms with Crippen LogP contribution in [-0.4, -0.2) is 96.2 Å². The van der Waals surface area contributed by atoms with Crippen LogP contribution < -0.4 is 20.1 Å². The lowest BCUT2D eigenvalue weighted by molar-refractivity contribution is -0.137. The molecular formula is C50H74N2O13. The number of benzene rings is 2. The molecule has 0 aliphatic rings. The molecule has 0 saturated heterocycles. The van der Waals surface area contributed by atoms with E-state index in [9.17, 15) is 28.8 Å². The Labute approximate surface area is 387 Å². The van der Waals surface area contributed by atoms with Crippen molar-refractivity contribution in [3.8, 4) is 11.5 Å². The summed E-state index contributed by atoms with van der Waals surface area (Å²) in [5.41, 5.74) is 2.41. The molecule has 0 radical (unpaired) electrons. The van der Waals surface area contributed by atoms with Crippen molar-refractivity contribution < 1.29 is 62.0 Å². The minimum atomic E-state index is -0.465. The van der Waals surface area contributed by atoms with E-state index >= 15 is 0 Å². The summed E-state index contributed by atoms with van der Waals surface area (Å²) in [5, 5.41) is 5.54. The van der Waals surface area contributed by atoms with Gasteiger partial charge in [-0.2, -0.15) is 0 Å². The van der Waals surface area contributed by atoms with Crippen molar-refractivity contribution in [3.05, 3.63) is 110 Å². The molecule has 2 aromatic rings. The van der Waals surface area contributed by atoms with E-state index in [0.29, 0.717) is 64.8 Å². The van der Waals surface area contributed by atoms with Gasteiger partial charge in [0.1, 0.15) is 18.3 Å². The standard InChI is InChI=1S/C21H34N2O5.C19H24O3.C5H8O2.C4H6O2.CH2O/c1-3-18(24)12-7-8-14-20(26)22-15-9-5-6-10-16-23-21(27)28-17-11-13-19(25)4-2;1-5-21-14-22-18-12-8-16(9-13-18)19(2,3)15-6-10-17(20-4)11-7-15;1-3-5(6)7-4-2;1-3-4(5)6-2;1-2/h3-4H,1-2,5-17H2,(H,22,26)(H,23,27);6-13H,5,14H2,1-4H3;3H,1,4H2,2H3;3H,1H2,2H3;1H2. The Morgan fingerprint density at radius 3 is 1.51 bits per heavy atom. The summed E-state index contributed by atoms with van der Waals surface area (Å²) in [5.74, 6) is 0.924. The highest BCUT2D eigenvalue weighted by molar-refractivity contribution is 5.89. The summed E-state index contributed by atoms with van der Waals surface area (Å²) >= 11 is 0. The second-order valence-electron chi connectivity index (χ2n) is 13.8. The molecule has 0 heterocycles. The van der Waals surface area contributed by atoms with Gasteiger partial charge in [-0.25, -0.2) is 14.4 Å². The van der Waals surface area contributed by atoms with E-state index in [2.05, 4.69) is 84.5 Å². The third kappa shape index (κ3) is 35.8. The first-order valence-electron chi connectivity index (χ1n) is 21.4. The minimum Gasteiger partial charge on any atom is -0.497 e. The molecule has 0 atom stereocenters. The molecule has 0 bridgehead atoms. The molecule has 65 heavy (non-hydrogen) atoms. The molecule has 2 rings (SSSR count). The number of esters is 2. The lowest BCUT2D eigenvalue weighted by Crippen LogP contribution is -2.26. The number of ether oxygens (including phenoxy) is 6. The number of carbonyl (C=O) groups is 7. The van der Waals surface area contributed by atoms with Gasteiger partial charge >= 0.3 is 18.0 Å². The monoisotopic (exact) mass is 911 g/mol. The van der Waals surface area contributed by atoms with Crippen LogP contribution in [0.3, 0.4) is 0 Å². The molecule has 2 aromatic carbocycles. The molecule has 0 aliphatic carbocycles. The van der Waals surface area contributed by atoms with Gasteiger partial charge in [-0.3, -0.25) is 14.4 Å². The number of rotatable bonds is 28. The molecule has 2 N–H and O–H groups in total. The van der Waals surface area contributed by atoms with Gasteiger partial charge in [0, 0.05) is 56.5 Å². The van der Waals surface area contributed by atoms with Crippen LogP contribution in [0, 0.1) is 0 Å². The Kier molecular flexibility index (Phi) is 41.6. The molecule has 0 unspecified atom stereocenters. The van der Waals surface area contributed by atoms with Crippen molar-refractivity contribution in [3.63, 3.8) is 0 Å². The summed E-state index contributed by atoms with van der Waals surface area (Å²) < 4.78 is 29.5. The second kappa shape index (κ2) is 42.9. The fourth-order valence-corrected chi connectivity index (χ4v) is 4.98. The van der Waals surface area contributed by atoms with Gasteiger partial charge < -0.3 is 43.8 Å². The van der Waals surface area contributed by atoms with E-state index in [1.54, 1.807) is 14.0 Å². The van der Waals surface area contributed by atoms with Crippen LogP contribution in [0.1, 0.15) is 103 Å². The summed E-state index contributed by atoms with van der Waals surface area (Å²) in [6.07, 6.45) is 11.2. The van der Waals surface area contributed by atoms with Crippen molar-refractivity contribution in [2.24, 2.45) is 0 Å². The van der Waals surface area contributed by atoms with Crippen molar-refractivity contribution >= 4 is 42.3 Å². The molecule has 362 valence electrons. The second-order valence-corrected chi connectivity index (χ2v) is 13.8. The first kappa shape index (κ1) is 62.9. The number of ketones is 2. The Hall–Kier alpha value is -6.35. The number of carbonyl (C=O) groups excluding carboxylic acids is 7. The number of methoxy groups -OCH3 is 2. The Bertz CT molecular complexity index is 1610. The van der Waals surface area contributed by atoms with E-state index in [1.807, 2.05) is 38.0 Å². The SMILES string of the molecule is C=CC(=O)CCCCC(=O)NCCCCCCNC(=O)OCCCC(=O)C=C.C=CC(=O)OC.C=CC(=O)OCC.C=O.CCOCOc1ccc(C(C)(C)c2ccc(OC)cc2)cc1. The maximum Gasteiger partial charge on any atom is 0.407 e. The number of alkyl carbamates (subject to hydrolysis) is 1. The predicted molar refractivity (Wildman–Crippen MR) is 254 cm³/mol. The number of unbranched alkanes of at least 4 members (excludes halogenated alkanes) is 4. The van der Waals surface area contributed by atoms with Gasteiger partial charge in [0.05, 0.1) is 27.4 Å². The highest BCUT2D eigenvalue weighted by atomic mass is 16.7. The Morgan fingerprint density at radius 1 is 0.585 bits per heavy atom. The zero-order valence-electron chi connectivity index (χ0n) is 39.6. The highest BCUT2D eigenvalue weighted by Gasteiger charge is 2.23. The largest absolute Gasteiger partial charge is 0.497 e. The van der Waals surface area contributed by atoms with Crippen molar-refractivity contribution in [2.75, 3.05) is 53.9 Å². The summed E-state index contributed by atoms with van der Waals surface area (Å²) in [6, 6.07) is 16.4. The number of hydrogen-bond acceptors (Lipinski definition) is 13. The number of amides is 2. The van der Waals surface area contributed by atoms with Crippen LogP contribution in [0.2, 0.25) is 0 Å². The van der Waals surface area contributed by atoms with Crippen molar-refractivity contribution in [1.82, 2.24) is 10.6 Å². The van der Waals surface area contributed by atoms with E-state index in [-0.39, 0.29) is 42.3 Å². The Balaban J connectivity index is -0.000000911. The molecule has 15 heteroatoms. The topological polar surface area (TPSA) is 199 Å². The molecule has 0 aromatic heterocycles. The van der Waals surface area contributed by atoms with E-state index in [4.69, 9.17) is 23.7 Å². The smallest absolute Gasteiger partial charge is 0.407 e. The van der Waals surface area contributed by atoms with Crippen LogP contribution >= 0.6 is 0 Å². The van der Waals surface area contributed by atoms with Gasteiger partial charge in [-0.05, 0) is 93.5 Å². The maximum absolute atomic E-state index is 11.6. The lowest BCUT2D eigenvalue weighted by Gasteiger charge is -2.26. The van der Waals surface area contributed by atoms with Crippen LogP contribution in [0.25, 0.3) is 0 Å². The predicted octanol–water partition coefficient (Wildman–Crippen LogP) is 8.53. The highest BCUT2D eigenvalue weighted by Crippen LogP contribution is 2.33. The zero-order valence-corrected chi connectivity index (χ0v) is 39.6. The first-order chi connectivity index (χ1) is 31.2.